The molecule has 2 unspecified atom stereocenters. The van der Waals surface area contributed by atoms with Gasteiger partial charge in [0.25, 0.3) is 17.7 Å². The van der Waals surface area contributed by atoms with Crippen molar-refractivity contribution in [3.63, 3.8) is 0 Å². The summed E-state index contributed by atoms with van der Waals surface area (Å²) >= 11 is 0. The maximum atomic E-state index is 11.3. The molecule has 2 atom stereocenters. The average molecular weight is 412 g/mol. The molecule has 0 amide bonds. The van der Waals surface area contributed by atoms with Gasteiger partial charge in [0.15, 0.2) is 4.58 Å². The summed E-state index contributed by atoms with van der Waals surface area (Å²) in [4.78, 5) is 0. The van der Waals surface area contributed by atoms with E-state index in [2.05, 4.69) is 0 Å². The molecule has 0 bridgehead atoms. The van der Waals surface area contributed by atoms with Gasteiger partial charge in [-0.25, -0.2) is 16.8 Å². The maximum absolute atomic E-state index is 11.3. The minimum absolute atomic E-state index is 0.000509. The molecule has 0 spiro atoms. The Bertz CT molecular complexity index is 774. The number of hydrogen-bond donors (Lipinski definition) is 0. The average Bonchev–Trinajstić information content (AvgIpc) is 2.26. The lowest BCUT2D eigenvalue weighted by molar-refractivity contribution is 0.541. The van der Waals surface area contributed by atoms with Crippen LogP contribution in [0.25, 0.3) is 0 Å². The molecule has 0 aliphatic heterocycles. The Balaban J connectivity index is 6.43. The molecule has 0 fully saturated rings. The van der Waals surface area contributed by atoms with Crippen LogP contribution in [0.2, 0.25) is 0 Å². The highest BCUT2D eigenvalue weighted by atomic mass is 33.6. The van der Waals surface area contributed by atoms with Crippen molar-refractivity contribution in [2.45, 2.75) is 11.5 Å². The first-order chi connectivity index (χ1) is 8.54. The predicted octanol–water partition coefficient (Wildman–Crippen LogP) is -3.59. The van der Waals surface area contributed by atoms with Crippen LogP contribution >= 0.6 is 0 Å². The fourth-order valence-corrected chi connectivity index (χ4v) is 15.7. The van der Waals surface area contributed by atoms with Crippen LogP contribution in [0.4, 0.5) is 0 Å². The van der Waals surface area contributed by atoms with Crippen molar-refractivity contribution >= 4 is 53.8 Å². The van der Waals surface area contributed by atoms with Crippen LogP contribution in [0.3, 0.4) is 0 Å². The molecular weight excluding hydrogens is 408 g/mol. The minimum Gasteiger partial charge on any atom is -0.759 e. The van der Waals surface area contributed by atoms with E-state index in [1.807, 2.05) is 0 Å². The van der Waals surface area contributed by atoms with Crippen molar-refractivity contribution in [1.29, 1.82) is 0 Å². The van der Waals surface area contributed by atoms with Gasteiger partial charge in [-0.2, -0.15) is 16.8 Å². The van der Waals surface area contributed by atoms with Gasteiger partial charge in [-0.1, -0.05) is 0 Å². The quantitative estimate of drug-likeness (QED) is 0.305. The van der Waals surface area contributed by atoms with Gasteiger partial charge >= 0.3 is 15.8 Å². The lowest BCUT2D eigenvalue weighted by atomic mass is 11.0. The van der Waals surface area contributed by atoms with Gasteiger partial charge in [0.05, 0.1) is 20.2 Å². The Kier molecular flexibility index (Phi) is 5.67. The summed E-state index contributed by atoms with van der Waals surface area (Å²) in [6.45, 7) is -0.000509. The monoisotopic (exact) mass is 412 g/mol. The summed E-state index contributed by atoms with van der Waals surface area (Å²) in [5, 5.41) is 0. The Morgan fingerprint density at radius 1 is 0.700 bits per heavy atom. The topological polar surface area (TPSA) is 217 Å². The van der Waals surface area contributed by atoms with Crippen LogP contribution in [0.15, 0.2) is 0 Å². The molecule has 0 aromatic carbocycles. The lowest BCUT2D eigenvalue weighted by Crippen LogP contribution is -2.38. The van der Waals surface area contributed by atoms with E-state index in [9.17, 15) is 51.2 Å². The standard InChI is InChI=1S/C2H6O12S6/c1-2(17(7,8)19(11,12)15(3)4)18(9,10)20(13,14)16(5)6/h2H,1H3,(H,3,4)(H,5,6)/p-2. The predicted molar refractivity (Wildman–Crippen MR) is 63.0 cm³/mol. The zero-order valence-electron chi connectivity index (χ0n) is 8.93. The molecular formula is C2H4O12S6-2. The summed E-state index contributed by atoms with van der Waals surface area (Å²) in [5.41, 5.74) is 0. The molecule has 0 aromatic rings. The number of hydrogen-bond acceptors (Lipinski definition) is 12. The van der Waals surface area contributed by atoms with Crippen molar-refractivity contribution < 1.29 is 51.2 Å². The van der Waals surface area contributed by atoms with E-state index in [0.717, 1.165) is 0 Å². The van der Waals surface area contributed by atoms with Crippen LogP contribution in [0, 0.1) is 0 Å². The summed E-state index contributed by atoms with van der Waals surface area (Å²) in [6.07, 6.45) is 0. The fraction of sp³-hybridized carbons (Fsp3) is 1.00. The smallest absolute Gasteiger partial charge is 0.322 e. The van der Waals surface area contributed by atoms with Gasteiger partial charge in [0.2, 0.25) is 0 Å². The van der Waals surface area contributed by atoms with E-state index in [0.29, 0.717) is 0 Å². The molecule has 0 radical (unpaired) electrons. The highest BCUT2D eigenvalue weighted by molar-refractivity contribution is 9.01. The minimum atomic E-state index is -6.10. The van der Waals surface area contributed by atoms with Crippen molar-refractivity contribution in [2.24, 2.45) is 0 Å². The van der Waals surface area contributed by atoms with Crippen LogP contribution in [0.5, 0.6) is 0 Å². The molecule has 0 aliphatic carbocycles. The van der Waals surface area contributed by atoms with E-state index in [1.54, 1.807) is 0 Å². The zero-order chi connectivity index (χ0) is 16.7. The summed E-state index contributed by atoms with van der Waals surface area (Å²) in [6, 6.07) is 0. The van der Waals surface area contributed by atoms with Gasteiger partial charge in [-0.15, -0.1) is 0 Å². The first kappa shape index (κ1) is 20.0. The molecule has 20 heavy (non-hydrogen) atoms. The molecule has 0 saturated heterocycles. The maximum Gasteiger partial charge on any atom is 0.322 e. The third kappa shape index (κ3) is 2.96. The molecule has 12 nitrogen and oxygen atoms in total. The molecule has 0 N–H and O–H groups in total. The first-order valence-electron chi connectivity index (χ1n) is 3.72. The molecule has 0 rings (SSSR count). The van der Waals surface area contributed by atoms with Crippen molar-refractivity contribution in [1.82, 2.24) is 0 Å². The molecule has 0 aromatic heterocycles. The van der Waals surface area contributed by atoms with E-state index in [1.165, 1.54) is 0 Å². The van der Waals surface area contributed by atoms with Crippen LogP contribution < -0.4 is 0 Å². The van der Waals surface area contributed by atoms with Gasteiger partial charge in [0, 0.05) is 0 Å². The van der Waals surface area contributed by atoms with Gasteiger partial charge in [-0.3, -0.25) is 8.42 Å². The highest BCUT2D eigenvalue weighted by Crippen LogP contribution is 2.24. The lowest BCUT2D eigenvalue weighted by Gasteiger charge is -2.15. The SMILES string of the molecule is CC(S(=O)(=O)S(=O)(=O)S(=O)[O-])S(=O)(=O)S(=O)(=O)S(=O)[O-]. The van der Waals surface area contributed by atoms with Crippen molar-refractivity contribution in [3.8, 4) is 0 Å². The number of rotatable bonds is 6. The fourth-order valence-electron chi connectivity index (χ4n) is 0.631. The third-order valence-electron chi connectivity index (χ3n) is 1.72. The summed E-state index contributed by atoms with van der Waals surface area (Å²) in [5.74, 6) is 0. The van der Waals surface area contributed by atoms with Crippen molar-refractivity contribution in [2.75, 3.05) is 0 Å². The summed E-state index contributed by atoms with van der Waals surface area (Å²) in [7, 11) is -33.0. The zero-order valence-corrected chi connectivity index (χ0v) is 13.8. The largest absolute Gasteiger partial charge is 0.759 e. The van der Waals surface area contributed by atoms with Gasteiger partial charge in [-0.05, 0) is 6.92 Å². The molecule has 0 saturated carbocycles. The van der Waals surface area contributed by atoms with Crippen molar-refractivity contribution in [3.05, 3.63) is 0 Å². The Morgan fingerprint density at radius 3 is 1.05 bits per heavy atom. The van der Waals surface area contributed by atoms with E-state index >= 15 is 0 Å². The molecule has 0 heterocycles. The third-order valence-corrected chi connectivity index (χ3v) is 20.0. The van der Waals surface area contributed by atoms with E-state index in [-0.39, 0.29) is 6.92 Å². The summed E-state index contributed by atoms with van der Waals surface area (Å²) < 4.78 is 126. The van der Waals surface area contributed by atoms with Gasteiger partial charge < -0.3 is 9.11 Å². The van der Waals surface area contributed by atoms with E-state index in [4.69, 9.17) is 0 Å². The Hall–Kier alpha value is 0.0200. The second kappa shape index (κ2) is 5.66. The van der Waals surface area contributed by atoms with E-state index < -0.39 is 58.3 Å². The normalized spacial score (nSPS) is 19.1. The van der Waals surface area contributed by atoms with Gasteiger partial charge in [0.1, 0.15) is 0 Å². The molecule has 18 heteroatoms. The second-order valence-electron chi connectivity index (χ2n) is 2.78. The molecule has 122 valence electrons. The second-order valence-corrected chi connectivity index (χ2v) is 19.9. The Morgan fingerprint density at radius 2 is 0.900 bits per heavy atom. The highest BCUT2D eigenvalue weighted by Gasteiger charge is 2.50. The first-order valence-corrected chi connectivity index (χ1v) is 14.0. The Labute approximate surface area is 116 Å². The van der Waals surface area contributed by atoms with Crippen LogP contribution in [0.1, 0.15) is 6.92 Å². The molecule has 0 aliphatic rings. The van der Waals surface area contributed by atoms with Crippen LogP contribution in [-0.4, -0.2) is 55.8 Å². The van der Waals surface area contributed by atoms with Crippen LogP contribution in [-0.2, 0) is 53.8 Å².